The van der Waals surface area contributed by atoms with Crippen LogP contribution < -0.4 is 5.32 Å². The molecule has 2 heterocycles. The molecule has 11 heteroatoms. The highest BCUT2D eigenvalue weighted by atomic mass is 19.2. The number of hydrogen-bond acceptors (Lipinski definition) is 6. The maximum absolute atomic E-state index is 13.7. The van der Waals surface area contributed by atoms with Crippen molar-refractivity contribution in [3.8, 4) is 0 Å². The van der Waals surface area contributed by atoms with Crippen LogP contribution in [0.15, 0.2) is 24.4 Å². The molecule has 8 nitrogen and oxygen atoms in total. The Morgan fingerprint density at radius 1 is 1.06 bits per heavy atom. The molecule has 0 saturated heterocycles. The predicted molar refractivity (Wildman–Crippen MR) is 121 cm³/mol. The van der Waals surface area contributed by atoms with Crippen LogP contribution in [0.3, 0.4) is 0 Å². The van der Waals surface area contributed by atoms with Gasteiger partial charge in [0.15, 0.2) is 28.9 Å². The first kappa shape index (κ1) is 25.9. The van der Waals surface area contributed by atoms with Gasteiger partial charge >= 0.3 is 5.97 Å². The number of nitrogens with one attached hydrogen (secondary N) is 1. The number of carbonyl (C=O) groups excluding carboxylic acids is 3. The van der Waals surface area contributed by atoms with Gasteiger partial charge in [-0.1, -0.05) is 13.8 Å². The van der Waals surface area contributed by atoms with Crippen LogP contribution in [0, 0.1) is 17.5 Å². The molecule has 2 aromatic heterocycles. The molecule has 0 aliphatic heterocycles. The van der Waals surface area contributed by atoms with Gasteiger partial charge in [-0.3, -0.25) is 9.59 Å². The van der Waals surface area contributed by atoms with Crippen molar-refractivity contribution in [1.29, 1.82) is 0 Å². The van der Waals surface area contributed by atoms with Crippen LogP contribution in [0.25, 0.3) is 11.0 Å². The zero-order chi connectivity index (χ0) is 25.9. The minimum atomic E-state index is -1.71. The Labute approximate surface area is 199 Å². The number of Topliss-reactive ketones (excluding diaryl/α,β-unsaturated/α-hetero) is 1. The number of aromatic nitrogens is 3. The molecule has 0 atom stereocenters. The van der Waals surface area contributed by atoms with Crippen molar-refractivity contribution in [2.75, 3.05) is 11.9 Å². The quantitative estimate of drug-likeness (QED) is 0.345. The van der Waals surface area contributed by atoms with Gasteiger partial charge in [-0.2, -0.15) is 5.10 Å². The molecular formula is C24H25F3N4O4. The molecule has 35 heavy (non-hydrogen) atoms. The third kappa shape index (κ3) is 5.84. The summed E-state index contributed by atoms with van der Waals surface area (Å²) in [5, 5.41) is 6.87. The number of amides is 1. The van der Waals surface area contributed by atoms with E-state index in [9.17, 15) is 27.6 Å². The third-order valence-electron chi connectivity index (χ3n) is 5.19. The van der Waals surface area contributed by atoms with Crippen LogP contribution in [0.1, 0.15) is 68.5 Å². The van der Waals surface area contributed by atoms with E-state index in [-0.39, 0.29) is 30.4 Å². The first-order valence-corrected chi connectivity index (χ1v) is 11.0. The molecule has 1 amide bonds. The number of anilines is 1. The Hall–Kier alpha value is -3.76. The molecule has 0 bridgehead atoms. The van der Waals surface area contributed by atoms with E-state index in [0.717, 1.165) is 6.07 Å². The maximum Gasteiger partial charge on any atom is 0.339 e. The van der Waals surface area contributed by atoms with Crippen LogP contribution in [0.5, 0.6) is 0 Å². The third-order valence-corrected chi connectivity index (χ3v) is 5.19. The number of ketones is 1. The molecule has 0 saturated carbocycles. The second-order valence-electron chi connectivity index (χ2n) is 8.56. The average molecular weight is 490 g/mol. The highest BCUT2D eigenvalue weighted by Gasteiger charge is 2.21. The lowest BCUT2D eigenvalue weighted by Gasteiger charge is -2.12. The normalized spacial score (nSPS) is 11.3. The smallest absolute Gasteiger partial charge is 0.339 e. The number of esters is 1. The fraction of sp³-hybridized carbons (Fsp3) is 0.375. The molecule has 0 spiro atoms. The lowest BCUT2D eigenvalue weighted by Crippen LogP contribution is -2.18. The largest absolute Gasteiger partial charge is 0.454 e. The van der Waals surface area contributed by atoms with Crippen LogP contribution >= 0.6 is 0 Å². The Balaban J connectivity index is 1.62. The number of rotatable bonds is 9. The Morgan fingerprint density at radius 2 is 1.77 bits per heavy atom. The summed E-state index contributed by atoms with van der Waals surface area (Å²) in [6.45, 7) is 7.15. The van der Waals surface area contributed by atoms with Crippen molar-refractivity contribution >= 4 is 34.4 Å². The van der Waals surface area contributed by atoms with Crippen molar-refractivity contribution in [2.24, 2.45) is 0 Å². The first-order valence-electron chi connectivity index (χ1n) is 11.0. The van der Waals surface area contributed by atoms with Crippen LogP contribution in [-0.2, 0) is 14.3 Å². The van der Waals surface area contributed by atoms with Gasteiger partial charge in [-0.15, -0.1) is 0 Å². The maximum atomic E-state index is 13.7. The van der Waals surface area contributed by atoms with Crippen molar-refractivity contribution < 1.29 is 32.3 Å². The van der Waals surface area contributed by atoms with E-state index < -0.39 is 47.4 Å². The highest BCUT2D eigenvalue weighted by molar-refractivity contribution is 6.03. The zero-order valence-corrected chi connectivity index (χ0v) is 19.7. The Morgan fingerprint density at radius 3 is 2.43 bits per heavy atom. The first-order chi connectivity index (χ1) is 16.5. The number of benzene rings is 1. The van der Waals surface area contributed by atoms with Crippen molar-refractivity contribution in [3.05, 3.63) is 53.1 Å². The number of ether oxygens (including phenoxy) is 1. The second-order valence-corrected chi connectivity index (χ2v) is 8.56. The minimum absolute atomic E-state index is 0.0129. The number of pyridine rings is 1. The van der Waals surface area contributed by atoms with E-state index in [0.29, 0.717) is 22.8 Å². The fourth-order valence-electron chi connectivity index (χ4n) is 3.26. The highest BCUT2D eigenvalue weighted by Crippen LogP contribution is 2.25. The summed E-state index contributed by atoms with van der Waals surface area (Å²) < 4.78 is 46.8. The Kier molecular flexibility index (Phi) is 7.88. The number of hydrogen-bond donors (Lipinski definition) is 1. The SMILES string of the molecule is CC(C)c1cc(C(=O)OCC(=O)CCC(=O)Nc2ccc(F)c(F)c2F)c2cnn(C(C)C)c2n1. The molecule has 0 fully saturated rings. The summed E-state index contributed by atoms with van der Waals surface area (Å²) >= 11 is 0. The number of halogens is 3. The molecular weight excluding hydrogens is 465 g/mol. The van der Waals surface area contributed by atoms with Crippen molar-refractivity contribution in [2.45, 2.75) is 52.5 Å². The van der Waals surface area contributed by atoms with Gasteiger partial charge in [0.25, 0.3) is 0 Å². The van der Waals surface area contributed by atoms with Gasteiger partial charge in [-0.05, 0) is 38.0 Å². The molecule has 3 aromatic rings. The molecule has 0 unspecified atom stereocenters. The lowest BCUT2D eigenvalue weighted by molar-refractivity contribution is -0.125. The summed E-state index contributed by atoms with van der Waals surface area (Å²) in [6.07, 6.45) is 0.846. The lowest BCUT2D eigenvalue weighted by atomic mass is 10.1. The molecule has 0 radical (unpaired) electrons. The molecule has 1 N–H and O–H groups in total. The molecule has 3 rings (SSSR count). The van der Waals surface area contributed by atoms with Crippen LogP contribution in [0.2, 0.25) is 0 Å². The standard InChI is InChI=1S/C24H25F3N4O4/c1-12(2)19-9-15(16-10-28-31(13(3)4)23(16)30-19)24(34)35-11-14(32)5-8-20(33)29-18-7-6-17(25)21(26)22(18)27/h6-7,9-10,12-13H,5,8,11H2,1-4H3,(H,29,33). The van der Waals surface area contributed by atoms with Gasteiger partial charge in [0.1, 0.15) is 6.61 Å². The van der Waals surface area contributed by atoms with E-state index in [4.69, 9.17) is 4.74 Å². The summed E-state index contributed by atoms with van der Waals surface area (Å²) in [5.74, 6) is -6.68. The number of fused-ring (bicyclic) bond motifs is 1. The van der Waals surface area contributed by atoms with Gasteiger partial charge in [-0.25, -0.2) is 27.6 Å². The zero-order valence-electron chi connectivity index (χ0n) is 19.7. The molecule has 0 aliphatic rings. The van der Waals surface area contributed by atoms with E-state index in [1.54, 1.807) is 10.7 Å². The second kappa shape index (κ2) is 10.7. The molecule has 0 aliphatic carbocycles. The number of carbonyl (C=O) groups is 3. The van der Waals surface area contributed by atoms with Gasteiger partial charge in [0.2, 0.25) is 5.91 Å². The van der Waals surface area contributed by atoms with E-state index in [1.165, 1.54) is 6.20 Å². The average Bonchev–Trinajstić information content (AvgIpc) is 3.25. The van der Waals surface area contributed by atoms with E-state index in [2.05, 4.69) is 15.4 Å². The van der Waals surface area contributed by atoms with Crippen LogP contribution in [-0.4, -0.2) is 39.0 Å². The predicted octanol–water partition coefficient (Wildman–Crippen LogP) is 4.70. The summed E-state index contributed by atoms with van der Waals surface area (Å²) in [6, 6.07) is 3.16. The summed E-state index contributed by atoms with van der Waals surface area (Å²) in [5.41, 5.74) is 0.882. The fourth-order valence-corrected chi connectivity index (χ4v) is 3.26. The monoisotopic (exact) mass is 490 g/mol. The van der Waals surface area contributed by atoms with Crippen LogP contribution in [0.4, 0.5) is 18.9 Å². The van der Waals surface area contributed by atoms with Gasteiger partial charge in [0, 0.05) is 24.6 Å². The molecule has 1 aromatic carbocycles. The minimum Gasteiger partial charge on any atom is -0.454 e. The summed E-state index contributed by atoms with van der Waals surface area (Å²) in [4.78, 5) is 41.5. The Bertz CT molecular complexity index is 1290. The topological polar surface area (TPSA) is 103 Å². The molecule has 186 valence electrons. The van der Waals surface area contributed by atoms with Gasteiger partial charge in [0.05, 0.1) is 22.8 Å². The van der Waals surface area contributed by atoms with E-state index in [1.807, 2.05) is 27.7 Å². The van der Waals surface area contributed by atoms with Crippen molar-refractivity contribution in [1.82, 2.24) is 14.8 Å². The van der Waals surface area contributed by atoms with Gasteiger partial charge < -0.3 is 10.1 Å². The van der Waals surface area contributed by atoms with E-state index >= 15 is 0 Å². The summed E-state index contributed by atoms with van der Waals surface area (Å²) in [7, 11) is 0. The van der Waals surface area contributed by atoms with Crippen molar-refractivity contribution in [3.63, 3.8) is 0 Å². The number of nitrogens with zero attached hydrogens (tertiary/aromatic N) is 3.